The summed E-state index contributed by atoms with van der Waals surface area (Å²) in [4.78, 5) is 40.3. The highest BCUT2D eigenvalue weighted by Gasteiger charge is 2.39. The van der Waals surface area contributed by atoms with Gasteiger partial charge in [0.25, 0.3) is 0 Å². The van der Waals surface area contributed by atoms with E-state index in [4.69, 9.17) is 4.74 Å². The molecule has 31 heavy (non-hydrogen) atoms. The van der Waals surface area contributed by atoms with Gasteiger partial charge in [-0.1, -0.05) is 18.2 Å². The number of ether oxygens (including phenoxy) is 1. The lowest BCUT2D eigenvalue weighted by molar-refractivity contribution is -0.146. The van der Waals surface area contributed by atoms with Crippen LogP contribution in [-0.2, 0) is 14.3 Å². The summed E-state index contributed by atoms with van der Waals surface area (Å²) < 4.78 is 5.23. The van der Waals surface area contributed by atoms with Gasteiger partial charge in [0.15, 0.2) is 0 Å². The molecule has 0 aromatic heterocycles. The number of hydrogen-bond acceptors (Lipinski definition) is 4. The predicted molar refractivity (Wildman–Crippen MR) is 123 cm³/mol. The van der Waals surface area contributed by atoms with Gasteiger partial charge in [0.1, 0.15) is 18.2 Å². The number of alkyl carbamates (subject to hydrolysis) is 1. The van der Waals surface area contributed by atoms with Crippen molar-refractivity contribution >= 4 is 17.9 Å². The van der Waals surface area contributed by atoms with Crippen LogP contribution in [0.1, 0.15) is 78.1 Å². The summed E-state index contributed by atoms with van der Waals surface area (Å²) in [7, 11) is 0. The van der Waals surface area contributed by atoms with Gasteiger partial charge in [-0.25, -0.2) is 4.79 Å². The van der Waals surface area contributed by atoms with Crippen LogP contribution < -0.4 is 10.6 Å². The summed E-state index contributed by atoms with van der Waals surface area (Å²) in [5.41, 5.74) is 1.40. The first-order valence-corrected chi connectivity index (χ1v) is 10.7. The molecule has 7 nitrogen and oxygen atoms in total. The van der Waals surface area contributed by atoms with Gasteiger partial charge in [0.2, 0.25) is 11.8 Å². The number of hydrogen-bond donors (Lipinski definition) is 2. The molecule has 1 aromatic carbocycles. The predicted octanol–water partition coefficient (Wildman–Crippen LogP) is 4.02. The first-order valence-electron chi connectivity index (χ1n) is 10.7. The minimum atomic E-state index is -0.838. The molecule has 174 valence electrons. The van der Waals surface area contributed by atoms with Crippen LogP contribution in [0.5, 0.6) is 0 Å². The quantitative estimate of drug-likeness (QED) is 0.709. The Morgan fingerprint density at radius 2 is 1.61 bits per heavy atom. The molecule has 1 unspecified atom stereocenters. The lowest BCUT2D eigenvalue weighted by atomic mass is 9.92. The summed E-state index contributed by atoms with van der Waals surface area (Å²) in [5, 5.41) is 5.47. The molecule has 0 spiro atoms. The van der Waals surface area contributed by atoms with Crippen molar-refractivity contribution in [3.05, 3.63) is 34.9 Å². The van der Waals surface area contributed by atoms with Crippen LogP contribution in [0.3, 0.4) is 0 Å². The largest absolute Gasteiger partial charge is 0.444 e. The highest BCUT2D eigenvalue weighted by molar-refractivity contribution is 5.91. The molecule has 0 aliphatic rings. The number of carbonyl (C=O) groups excluding carboxylic acids is 3. The Hall–Kier alpha value is -2.57. The zero-order valence-electron chi connectivity index (χ0n) is 20.7. The van der Waals surface area contributed by atoms with Crippen molar-refractivity contribution in [2.24, 2.45) is 0 Å². The van der Waals surface area contributed by atoms with Gasteiger partial charge in [-0.05, 0) is 85.9 Å². The number of benzene rings is 1. The maximum Gasteiger partial charge on any atom is 0.408 e. The minimum absolute atomic E-state index is 0.0862. The Balaban J connectivity index is 3.36. The highest BCUT2D eigenvalue weighted by atomic mass is 16.6. The number of carbonyl (C=O) groups is 3. The van der Waals surface area contributed by atoms with E-state index in [0.717, 1.165) is 16.7 Å². The standard InChI is InChI=1S/C24H39N3O4/c1-15(2)26-21(29)20(18-13-11-12-16(3)17(18)4)27(23(5,6)7)19(28)14-25-22(30)31-24(8,9)10/h11-13,15,20H,14H2,1-10H3,(H,25,30)(H,26,29). The Morgan fingerprint density at radius 3 is 2.10 bits per heavy atom. The molecule has 0 aliphatic carbocycles. The van der Waals surface area contributed by atoms with Crippen LogP contribution in [0, 0.1) is 13.8 Å². The summed E-state index contributed by atoms with van der Waals surface area (Å²) in [6, 6.07) is 4.81. The van der Waals surface area contributed by atoms with E-state index < -0.39 is 23.3 Å². The topological polar surface area (TPSA) is 87.7 Å². The Morgan fingerprint density at radius 1 is 1.03 bits per heavy atom. The Labute approximate surface area is 186 Å². The first-order chi connectivity index (χ1) is 14.0. The Kier molecular flexibility index (Phi) is 8.67. The number of amides is 3. The van der Waals surface area contributed by atoms with Crippen molar-refractivity contribution in [2.75, 3.05) is 6.54 Å². The van der Waals surface area contributed by atoms with Crippen molar-refractivity contribution < 1.29 is 19.1 Å². The van der Waals surface area contributed by atoms with E-state index in [9.17, 15) is 14.4 Å². The number of aryl methyl sites for hydroxylation is 1. The highest BCUT2D eigenvalue weighted by Crippen LogP contribution is 2.32. The number of nitrogens with zero attached hydrogens (tertiary/aromatic N) is 1. The van der Waals surface area contributed by atoms with Gasteiger partial charge >= 0.3 is 6.09 Å². The van der Waals surface area contributed by atoms with Crippen LogP contribution in [0.15, 0.2) is 18.2 Å². The van der Waals surface area contributed by atoms with E-state index in [1.54, 1.807) is 25.7 Å². The molecule has 0 radical (unpaired) electrons. The SMILES string of the molecule is Cc1cccc(C(C(=O)NC(C)C)N(C(=O)CNC(=O)OC(C)(C)C)C(C)(C)C)c1C. The average Bonchev–Trinajstić information content (AvgIpc) is 2.57. The average molecular weight is 434 g/mol. The normalized spacial score (nSPS) is 12.9. The summed E-state index contributed by atoms with van der Waals surface area (Å²) in [6.45, 7) is 18.3. The van der Waals surface area contributed by atoms with Crippen molar-refractivity contribution in [3.8, 4) is 0 Å². The number of nitrogens with one attached hydrogen (secondary N) is 2. The van der Waals surface area contributed by atoms with Gasteiger partial charge in [-0.3, -0.25) is 9.59 Å². The van der Waals surface area contributed by atoms with Crippen LogP contribution in [0.4, 0.5) is 4.79 Å². The van der Waals surface area contributed by atoms with Gasteiger partial charge in [0, 0.05) is 11.6 Å². The molecule has 3 amide bonds. The molecule has 2 N–H and O–H groups in total. The van der Waals surface area contributed by atoms with E-state index in [2.05, 4.69) is 10.6 Å². The third kappa shape index (κ3) is 7.89. The molecule has 0 aliphatic heterocycles. The maximum absolute atomic E-state index is 13.3. The molecule has 1 rings (SSSR count). The van der Waals surface area contributed by atoms with Gasteiger partial charge in [-0.2, -0.15) is 0 Å². The zero-order chi connectivity index (χ0) is 24.1. The van der Waals surface area contributed by atoms with Crippen molar-refractivity contribution in [1.29, 1.82) is 0 Å². The lowest BCUT2D eigenvalue weighted by Gasteiger charge is -2.42. The van der Waals surface area contributed by atoms with Crippen molar-refractivity contribution in [2.45, 2.75) is 92.5 Å². The van der Waals surface area contributed by atoms with E-state index >= 15 is 0 Å². The Bertz CT molecular complexity index is 804. The van der Waals surface area contributed by atoms with Crippen LogP contribution in [0.25, 0.3) is 0 Å². The third-order valence-electron chi connectivity index (χ3n) is 4.65. The second kappa shape index (κ2) is 10.2. The molecular weight excluding hydrogens is 394 g/mol. The van der Waals surface area contributed by atoms with E-state index in [-0.39, 0.29) is 24.4 Å². The fourth-order valence-corrected chi connectivity index (χ4v) is 3.28. The number of rotatable bonds is 6. The van der Waals surface area contributed by atoms with E-state index in [0.29, 0.717) is 0 Å². The van der Waals surface area contributed by atoms with E-state index in [1.165, 1.54) is 0 Å². The molecule has 0 fully saturated rings. The molecule has 0 bridgehead atoms. The molecule has 1 atom stereocenters. The molecule has 0 heterocycles. The van der Waals surface area contributed by atoms with Gasteiger partial charge < -0.3 is 20.3 Å². The fourth-order valence-electron chi connectivity index (χ4n) is 3.28. The van der Waals surface area contributed by atoms with E-state index in [1.807, 2.05) is 66.7 Å². The smallest absolute Gasteiger partial charge is 0.408 e. The molecule has 0 saturated heterocycles. The zero-order valence-corrected chi connectivity index (χ0v) is 20.7. The second-order valence-electron chi connectivity index (χ2n) is 10.1. The minimum Gasteiger partial charge on any atom is -0.444 e. The molecular formula is C24H39N3O4. The second-order valence-corrected chi connectivity index (χ2v) is 10.1. The lowest BCUT2D eigenvalue weighted by Crippen LogP contribution is -2.55. The van der Waals surface area contributed by atoms with Gasteiger partial charge in [-0.15, -0.1) is 0 Å². The fraction of sp³-hybridized carbons (Fsp3) is 0.625. The first kappa shape index (κ1) is 26.5. The maximum atomic E-state index is 13.3. The molecule has 7 heteroatoms. The van der Waals surface area contributed by atoms with Crippen LogP contribution >= 0.6 is 0 Å². The van der Waals surface area contributed by atoms with Crippen molar-refractivity contribution in [3.63, 3.8) is 0 Å². The monoisotopic (exact) mass is 433 g/mol. The summed E-state index contributed by atoms with van der Waals surface area (Å²) in [6.07, 6.45) is -0.676. The van der Waals surface area contributed by atoms with Crippen molar-refractivity contribution in [1.82, 2.24) is 15.5 Å². The van der Waals surface area contributed by atoms with Crippen LogP contribution in [-0.4, -0.2) is 46.5 Å². The molecule has 1 aromatic rings. The third-order valence-corrected chi connectivity index (χ3v) is 4.65. The summed E-state index contributed by atoms with van der Waals surface area (Å²) in [5.74, 6) is -0.632. The van der Waals surface area contributed by atoms with Gasteiger partial charge in [0.05, 0.1) is 0 Å². The van der Waals surface area contributed by atoms with Crippen LogP contribution in [0.2, 0.25) is 0 Å². The summed E-state index contributed by atoms with van der Waals surface area (Å²) >= 11 is 0. The molecule has 0 saturated carbocycles.